The van der Waals surface area contributed by atoms with Crippen molar-refractivity contribution >= 4 is 5.78 Å². The molecule has 0 fully saturated rings. The third kappa shape index (κ3) is 2.80. The summed E-state index contributed by atoms with van der Waals surface area (Å²) in [5.74, 6) is -0.181. The number of rotatable bonds is 3. The van der Waals surface area contributed by atoms with E-state index in [1.165, 1.54) is 12.1 Å². The van der Waals surface area contributed by atoms with Gasteiger partial charge in [0, 0.05) is 18.4 Å². The van der Waals surface area contributed by atoms with Crippen molar-refractivity contribution in [3.8, 4) is 0 Å². The van der Waals surface area contributed by atoms with E-state index in [1.54, 1.807) is 6.07 Å². The lowest BCUT2D eigenvalue weighted by Crippen LogP contribution is -2.20. The third-order valence-electron chi connectivity index (χ3n) is 3.20. The van der Waals surface area contributed by atoms with Crippen molar-refractivity contribution in [1.82, 2.24) is 0 Å². The molecule has 2 nitrogen and oxygen atoms in total. The van der Waals surface area contributed by atoms with Gasteiger partial charge in [-0.05, 0) is 36.6 Å². The number of allylic oxidation sites excluding steroid dienone is 1. The van der Waals surface area contributed by atoms with Gasteiger partial charge < -0.3 is 5.73 Å². The predicted octanol–water partition coefficient (Wildman–Crippen LogP) is 2.15. The van der Waals surface area contributed by atoms with Gasteiger partial charge >= 0.3 is 0 Å². The molecule has 17 heavy (non-hydrogen) atoms. The lowest BCUT2D eigenvalue weighted by atomic mass is 9.95. The molecule has 1 aromatic rings. The maximum absolute atomic E-state index is 12.9. The Bertz CT molecular complexity index is 467. The molecule has 0 aromatic heterocycles. The molecule has 0 heterocycles. The monoisotopic (exact) mass is 233 g/mol. The van der Waals surface area contributed by atoms with Gasteiger partial charge in [-0.1, -0.05) is 18.2 Å². The van der Waals surface area contributed by atoms with Crippen LogP contribution in [0.25, 0.3) is 0 Å². The van der Waals surface area contributed by atoms with Gasteiger partial charge in [0.15, 0.2) is 0 Å². The average molecular weight is 233 g/mol. The predicted molar refractivity (Wildman–Crippen MR) is 65.1 cm³/mol. The van der Waals surface area contributed by atoms with Crippen LogP contribution in [-0.4, -0.2) is 11.8 Å². The van der Waals surface area contributed by atoms with Crippen LogP contribution in [0, 0.1) is 18.7 Å². The number of carbonyl (C=O) groups is 1. The summed E-state index contributed by atoms with van der Waals surface area (Å²) >= 11 is 0. The highest BCUT2D eigenvalue weighted by Crippen LogP contribution is 2.20. The zero-order chi connectivity index (χ0) is 12.4. The van der Waals surface area contributed by atoms with E-state index in [4.69, 9.17) is 5.73 Å². The van der Waals surface area contributed by atoms with E-state index < -0.39 is 0 Å². The van der Waals surface area contributed by atoms with Crippen LogP contribution >= 0.6 is 0 Å². The average Bonchev–Trinajstić information content (AvgIpc) is 2.69. The summed E-state index contributed by atoms with van der Waals surface area (Å²) in [6.45, 7) is 1.82. The van der Waals surface area contributed by atoms with Crippen LogP contribution in [-0.2, 0) is 11.2 Å². The number of carbonyl (C=O) groups excluding carboxylic acids is 1. The van der Waals surface area contributed by atoms with Crippen molar-refractivity contribution in [2.24, 2.45) is 11.7 Å². The van der Waals surface area contributed by atoms with Crippen molar-refractivity contribution in [1.29, 1.82) is 0 Å². The summed E-state index contributed by atoms with van der Waals surface area (Å²) in [7, 11) is 0. The zero-order valence-electron chi connectivity index (χ0n) is 9.82. The van der Waals surface area contributed by atoms with E-state index in [9.17, 15) is 9.18 Å². The van der Waals surface area contributed by atoms with E-state index in [0.29, 0.717) is 12.8 Å². The number of aryl methyl sites for hydroxylation is 1. The highest BCUT2D eigenvalue weighted by atomic mass is 19.1. The van der Waals surface area contributed by atoms with E-state index in [0.717, 1.165) is 11.1 Å². The van der Waals surface area contributed by atoms with Gasteiger partial charge in [0.1, 0.15) is 11.6 Å². The van der Waals surface area contributed by atoms with Crippen LogP contribution in [0.4, 0.5) is 4.39 Å². The number of Topliss-reactive ketones (excluding diaryl/α,β-unsaturated/α-hetero) is 1. The number of ketones is 1. The molecule has 0 radical (unpaired) electrons. The van der Waals surface area contributed by atoms with Gasteiger partial charge in [0.05, 0.1) is 0 Å². The molecule has 0 amide bonds. The first-order chi connectivity index (χ1) is 8.06. The Morgan fingerprint density at radius 3 is 2.82 bits per heavy atom. The van der Waals surface area contributed by atoms with Crippen molar-refractivity contribution in [2.45, 2.75) is 25.8 Å². The molecule has 2 N–H and O–H groups in total. The van der Waals surface area contributed by atoms with Crippen LogP contribution < -0.4 is 5.73 Å². The highest BCUT2D eigenvalue weighted by molar-refractivity contribution is 5.85. The van der Waals surface area contributed by atoms with Crippen LogP contribution in [0.2, 0.25) is 0 Å². The molecule has 2 rings (SSSR count). The van der Waals surface area contributed by atoms with E-state index in [-0.39, 0.29) is 23.6 Å². The fourth-order valence-corrected chi connectivity index (χ4v) is 2.14. The molecule has 2 unspecified atom stereocenters. The largest absolute Gasteiger partial charge is 0.324 e. The van der Waals surface area contributed by atoms with Gasteiger partial charge in [0.2, 0.25) is 0 Å². The second-order valence-corrected chi connectivity index (χ2v) is 4.60. The van der Waals surface area contributed by atoms with E-state index in [2.05, 4.69) is 0 Å². The maximum Gasteiger partial charge on any atom is 0.144 e. The maximum atomic E-state index is 12.9. The second kappa shape index (κ2) is 4.80. The van der Waals surface area contributed by atoms with Crippen molar-refractivity contribution in [3.05, 3.63) is 47.3 Å². The first-order valence-corrected chi connectivity index (χ1v) is 5.78. The van der Waals surface area contributed by atoms with Crippen LogP contribution in [0.15, 0.2) is 30.4 Å². The van der Waals surface area contributed by atoms with Gasteiger partial charge in [-0.15, -0.1) is 0 Å². The molecule has 3 heteroatoms. The minimum atomic E-state index is -0.263. The third-order valence-corrected chi connectivity index (χ3v) is 3.20. The SMILES string of the molecule is Cc1cc(F)ccc1CC(=O)C1C=CC(N)C1. The fraction of sp³-hybridized carbons (Fsp3) is 0.357. The summed E-state index contributed by atoms with van der Waals surface area (Å²) in [4.78, 5) is 12.0. The number of benzene rings is 1. The summed E-state index contributed by atoms with van der Waals surface area (Å²) in [5.41, 5.74) is 7.43. The van der Waals surface area contributed by atoms with E-state index >= 15 is 0 Å². The number of halogens is 1. The Morgan fingerprint density at radius 1 is 1.47 bits per heavy atom. The van der Waals surface area contributed by atoms with Gasteiger partial charge in [-0.2, -0.15) is 0 Å². The molecular weight excluding hydrogens is 217 g/mol. The summed E-state index contributed by atoms with van der Waals surface area (Å²) in [6, 6.07) is 4.53. The number of hydrogen-bond acceptors (Lipinski definition) is 2. The van der Waals surface area contributed by atoms with Crippen LogP contribution in [0.3, 0.4) is 0 Å². The molecule has 0 bridgehead atoms. The second-order valence-electron chi connectivity index (χ2n) is 4.60. The summed E-state index contributed by atoms with van der Waals surface area (Å²) < 4.78 is 12.9. The Hall–Kier alpha value is -1.48. The highest BCUT2D eigenvalue weighted by Gasteiger charge is 2.22. The Labute approximate surface area is 100 Å². The van der Waals surface area contributed by atoms with E-state index in [1.807, 2.05) is 19.1 Å². The Balaban J connectivity index is 2.06. The minimum absolute atomic E-state index is 0.00161. The molecule has 1 aliphatic carbocycles. The standard InChI is InChI=1S/C14H16FNO/c1-9-6-12(15)4-2-10(9)8-14(17)11-3-5-13(16)7-11/h2-6,11,13H,7-8,16H2,1H3. The molecule has 1 aliphatic rings. The van der Waals surface area contributed by atoms with Crippen LogP contribution in [0.1, 0.15) is 17.5 Å². The number of nitrogens with two attached hydrogens (primary N) is 1. The van der Waals surface area contributed by atoms with Crippen LogP contribution in [0.5, 0.6) is 0 Å². The molecule has 0 saturated heterocycles. The van der Waals surface area contributed by atoms with Gasteiger partial charge in [-0.3, -0.25) is 4.79 Å². The number of hydrogen-bond donors (Lipinski definition) is 1. The first kappa shape index (κ1) is 12.0. The molecule has 0 aliphatic heterocycles. The lowest BCUT2D eigenvalue weighted by Gasteiger charge is -2.10. The van der Waals surface area contributed by atoms with Crippen molar-refractivity contribution < 1.29 is 9.18 Å². The normalized spacial score (nSPS) is 23.0. The van der Waals surface area contributed by atoms with Crippen molar-refractivity contribution in [3.63, 3.8) is 0 Å². The van der Waals surface area contributed by atoms with Gasteiger partial charge in [-0.25, -0.2) is 4.39 Å². The lowest BCUT2D eigenvalue weighted by molar-refractivity contribution is -0.120. The smallest absolute Gasteiger partial charge is 0.144 e. The molecular formula is C14H16FNO. The minimum Gasteiger partial charge on any atom is -0.324 e. The molecule has 0 spiro atoms. The molecule has 2 atom stereocenters. The Kier molecular flexibility index (Phi) is 3.38. The topological polar surface area (TPSA) is 43.1 Å². The van der Waals surface area contributed by atoms with Gasteiger partial charge in [0.25, 0.3) is 0 Å². The molecule has 0 saturated carbocycles. The van der Waals surface area contributed by atoms with Crippen molar-refractivity contribution in [2.75, 3.05) is 0 Å². The summed E-state index contributed by atoms with van der Waals surface area (Å²) in [6.07, 6.45) is 4.80. The quantitative estimate of drug-likeness (QED) is 0.813. The Morgan fingerprint density at radius 2 is 2.24 bits per heavy atom. The molecule has 1 aromatic carbocycles. The summed E-state index contributed by atoms with van der Waals surface area (Å²) in [5, 5.41) is 0. The zero-order valence-corrected chi connectivity index (χ0v) is 9.82. The molecule has 90 valence electrons. The fourth-order valence-electron chi connectivity index (χ4n) is 2.14. The first-order valence-electron chi connectivity index (χ1n) is 5.78.